The fraction of sp³-hybridized carbons (Fsp3) is 0. The van der Waals surface area contributed by atoms with Crippen LogP contribution in [0.3, 0.4) is 0 Å². The van der Waals surface area contributed by atoms with Gasteiger partial charge in [0.2, 0.25) is 0 Å². The number of hydrogen-bond acceptors (Lipinski definition) is 2. The van der Waals surface area contributed by atoms with Gasteiger partial charge in [0.1, 0.15) is 5.58 Å². The quantitative estimate of drug-likeness (QED) is 0.541. The van der Waals surface area contributed by atoms with Gasteiger partial charge >= 0.3 is 0 Å². The third-order valence-electron chi connectivity index (χ3n) is 2.66. The molecule has 0 bridgehead atoms. The molecule has 17 heavy (non-hydrogen) atoms. The topological polar surface area (TPSA) is 36.9 Å². The van der Waals surface area contributed by atoms with Crippen molar-refractivity contribution < 1.29 is 4.42 Å². The van der Waals surface area contributed by atoms with E-state index in [-0.39, 0.29) is 0 Å². The molecule has 0 fully saturated rings. The molecule has 78 valence electrons. The molecule has 1 aromatic heterocycles. The first-order valence-electron chi connectivity index (χ1n) is 5.20. The molecule has 2 aromatic carbocycles. The molecule has 0 radical (unpaired) electrons. The highest BCUT2D eigenvalue weighted by Crippen LogP contribution is 2.30. The highest BCUT2D eigenvalue weighted by molar-refractivity contribution is 6.06. The maximum Gasteiger partial charge on any atom is 0.152 e. The zero-order chi connectivity index (χ0) is 11.7. The van der Waals surface area contributed by atoms with E-state index in [0.29, 0.717) is 0 Å². The zero-order valence-corrected chi connectivity index (χ0v) is 8.90. The van der Waals surface area contributed by atoms with Gasteiger partial charge in [-0.15, -0.1) is 0 Å². The van der Waals surface area contributed by atoms with Gasteiger partial charge in [0.15, 0.2) is 11.7 Å². The van der Waals surface area contributed by atoms with Gasteiger partial charge < -0.3 is 4.42 Å². The molecule has 0 saturated heterocycles. The van der Waals surface area contributed by atoms with Gasteiger partial charge in [-0.2, -0.15) is 5.26 Å². The Kier molecular flexibility index (Phi) is 2.07. The third kappa shape index (κ3) is 1.44. The second-order valence-electron chi connectivity index (χ2n) is 3.64. The van der Waals surface area contributed by atoms with Gasteiger partial charge in [0.25, 0.3) is 0 Å². The van der Waals surface area contributed by atoms with Crippen molar-refractivity contribution in [2.75, 3.05) is 0 Å². The Morgan fingerprint density at radius 3 is 2.65 bits per heavy atom. The Balaban J connectivity index is 2.44. The summed E-state index contributed by atoms with van der Waals surface area (Å²) in [7, 11) is 0. The standard InChI is InChI=1S/C15H7NO/c16-10-4-6-11-5-3-8-13-12-7-1-2-9-14(12)17-15(11)13/h1-3,5,7-9H. The second-order valence-corrected chi connectivity index (χ2v) is 3.64. The molecule has 0 aliphatic rings. The monoisotopic (exact) mass is 217 g/mol. The number of rotatable bonds is 0. The summed E-state index contributed by atoms with van der Waals surface area (Å²) in [6.45, 7) is 0. The number of nitrogens with zero attached hydrogens (tertiary/aromatic N) is 1. The lowest BCUT2D eigenvalue weighted by molar-refractivity contribution is 0.668. The van der Waals surface area contributed by atoms with Crippen LogP contribution in [0.5, 0.6) is 0 Å². The number of benzene rings is 2. The van der Waals surface area contributed by atoms with E-state index in [4.69, 9.17) is 9.68 Å². The molecular weight excluding hydrogens is 210 g/mol. The molecule has 2 nitrogen and oxygen atoms in total. The summed E-state index contributed by atoms with van der Waals surface area (Å²) >= 11 is 0. The lowest BCUT2D eigenvalue weighted by atomic mass is 10.1. The highest BCUT2D eigenvalue weighted by Gasteiger charge is 2.08. The van der Waals surface area contributed by atoms with Gasteiger partial charge in [-0.1, -0.05) is 30.3 Å². The number of fused-ring (bicyclic) bond motifs is 3. The van der Waals surface area contributed by atoms with Gasteiger partial charge in [0, 0.05) is 16.7 Å². The van der Waals surface area contributed by atoms with Crippen molar-refractivity contribution >= 4 is 21.9 Å². The minimum Gasteiger partial charge on any atom is -0.455 e. The van der Waals surface area contributed by atoms with Crippen molar-refractivity contribution in [3.05, 3.63) is 48.0 Å². The van der Waals surface area contributed by atoms with Crippen molar-refractivity contribution in [1.29, 1.82) is 5.26 Å². The van der Waals surface area contributed by atoms with Crippen LogP contribution in [0, 0.1) is 23.2 Å². The van der Waals surface area contributed by atoms with Gasteiger partial charge in [-0.25, -0.2) is 0 Å². The fourth-order valence-corrected chi connectivity index (χ4v) is 1.94. The second kappa shape index (κ2) is 3.70. The number of hydrogen-bond donors (Lipinski definition) is 0. The van der Waals surface area contributed by atoms with Crippen molar-refractivity contribution in [3.8, 4) is 17.9 Å². The average Bonchev–Trinajstić information content (AvgIpc) is 2.75. The molecule has 3 aromatic rings. The molecule has 0 amide bonds. The van der Waals surface area contributed by atoms with E-state index >= 15 is 0 Å². The first-order chi connectivity index (χ1) is 8.40. The molecular formula is C15H7NO. The van der Waals surface area contributed by atoms with Crippen LogP contribution in [0.4, 0.5) is 0 Å². The van der Waals surface area contributed by atoms with Crippen molar-refractivity contribution in [2.45, 2.75) is 0 Å². The fourth-order valence-electron chi connectivity index (χ4n) is 1.94. The summed E-state index contributed by atoms with van der Waals surface area (Å²) in [5.41, 5.74) is 2.34. The maximum atomic E-state index is 8.49. The number of furan rings is 1. The third-order valence-corrected chi connectivity index (χ3v) is 2.66. The molecule has 0 atom stereocenters. The average molecular weight is 217 g/mol. The van der Waals surface area contributed by atoms with Gasteiger partial charge in [0.05, 0.1) is 5.56 Å². The predicted molar refractivity (Wildman–Crippen MR) is 66.2 cm³/mol. The molecule has 1 heterocycles. The summed E-state index contributed by atoms with van der Waals surface area (Å²) in [6, 6.07) is 15.4. The zero-order valence-electron chi connectivity index (χ0n) is 8.90. The van der Waals surface area contributed by atoms with E-state index in [1.54, 1.807) is 0 Å². The van der Waals surface area contributed by atoms with Crippen molar-refractivity contribution in [1.82, 2.24) is 0 Å². The summed E-state index contributed by atoms with van der Waals surface area (Å²) in [4.78, 5) is 0. The van der Waals surface area contributed by atoms with Crippen LogP contribution in [0.15, 0.2) is 46.9 Å². The van der Waals surface area contributed by atoms with Crippen LogP contribution in [0.25, 0.3) is 21.9 Å². The van der Waals surface area contributed by atoms with E-state index in [9.17, 15) is 0 Å². The Morgan fingerprint density at radius 1 is 0.941 bits per heavy atom. The van der Waals surface area contributed by atoms with E-state index in [1.165, 1.54) is 0 Å². The predicted octanol–water partition coefficient (Wildman–Crippen LogP) is 3.46. The minimum atomic E-state index is 0.747. The molecule has 0 aliphatic heterocycles. The summed E-state index contributed by atoms with van der Waals surface area (Å²) < 4.78 is 5.77. The van der Waals surface area contributed by atoms with E-state index in [0.717, 1.165) is 27.5 Å². The highest BCUT2D eigenvalue weighted by atomic mass is 16.3. The van der Waals surface area contributed by atoms with Crippen LogP contribution in [0.1, 0.15) is 5.56 Å². The Hall–Kier alpha value is -2.71. The minimum absolute atomic E-state index is 0.747. The molecule has 0 aliphatic carbocycles. The lowest BCUT2D eigenvalue weighted by Gasteiger charge is -1.91. The van der Waals surface area contributed by atoms with Crippen molar-refractivity contribution in [2.24, 2.45) is 0 Å². The van der Waals surface area contributed by atoms with Crippen LogP contribution in [0.2, 0.25) is 0 Å². The van der Waals surface area contributed by atoms with Gasteiger partial charge in [-0.05, 0) is 18.1 Å². The molecule has 0 unspecified atom stereocenters. The molecule has 3 rings (SSSR count). The molecule has 0 spiro atoms. The van der Waals surface area contributed by atoms with Crippen LogP contribution in [-0.4, -0.2) is 0 Å². The Morgan fingerprint density at radius 2 is 1.76 bits per heavy atom. The van der Waals surface area contributed by atoms with Gasteiger partial charge in [-0.3, -0.25) is 0 Å². The summed E-state index contributed by atoms with van der Waals surface area (Å²) in [5, 5.41) is 10.6. The first kappa shape index (κ1) is 9.51. The van der Waals surface area contributed by atoms with Crippen molar-refractivity contribution in [3.63, 3.8) is 0 Å². The molecule has 0 saturated carbocycles. The normalized spacial score (nSPS) is 9.82. The number of para-hydroxylation sites is 2. The largest absolute Gasteiger partial charge is 0.455 e. The Bertz CT molecular complexity index is 809. The van der Waals surface area contributed by atoms with Crippen LogP contribution in [-0.2, 0) is 0 Å². The summed E-state index contributed by atoms with van der Waals surface area (Å²) in [6.07, 6.45) is 0. The Labute approximate surface area is 98.1 Å². The number of nitriles is 1. The smallest absolute Gasteiger partial charge is 0.152 e. The molecule has 0 N–H and O–H groups in total. The first-order valence-corrected chi connectivity index (χ1v) is 5.20. The van der Waals surface area contributed by atoms with E-state index in [2.05, 4.69) is 11.8 Å². The molecule has 2 heteroatoms. The van der Waals surface area contributed by atoms with Crippen LogP contribution >= 0.6 is 0 Å². The van der Waals surface area contributed by atoms with E-state index in [1.807, 2.05) is 48.5 Å². The summed E-state index contributed by atoms with van der Waals surface area (Å²) in [5.74, 6) is 5.19. The lowest BCUT2D eigenvalue weighted by Crippen LogP contribution is -1.74. The maximum absolute atomic E-state index is 8.49. The SMILES string of the molecule is N#CC#Cc1cccc2c1oc1ccccc12. The van der Waals surface area contributed by atoms with Crippen LogP contribution < -0.4 is 0 Å². The van der Waals surface area contributed by atoms with E-state index < -0.39 is 0 Å².